The predicted octanol–water partition coefficient (Wildman–Crippen LogP) is 4.96. The molecule has 5 nitrogen and oxygen atoms in total. The maximum atomic E-state index is 12.8. The molecule has 2 aromatic heterocycles. The number of fused-ring (bicyclic) bond motifs is 1. The maximum absolute atomic E-state index is 12.8. The Hall–Kier alpha value is -3.14. The Labute approximate surface area is 163 Å². The van der Waals surface area contributed by atoms with Gasteiger partial charge in [-0.15, -0.1) is 11.3 Å². The number of H-pyrrole nitrogens is 1. The van der Waals surface area contributed by atoms with E-state index in [9.17, 15) is 10.1 Å². The molecule has 0 unspecified atom stereocenters. The molecule has 0 radical (unpaired) electrons. The van der Waals surface area contributed by atoms with Crippen LogP contribution >= 0.6 is 22.9 Å². The SMILES string of the molecule is Cc1[nH]n(-c2cccc(Cl)c2)c(=O)c1/C=N/c1sc2ccccc2c1C#N. The second-order valence-corrected chi connectivity index (χ2v) is 7.39. The Balaban J connectivity index is 1.78. The first-order valence-corrected chi connectivity index (χ1v) is 9.31. The van der Waals surface area contributed by atoms with Crippen LogP contribution in [0, 0.1) is 18.3 Å². The van der Waals surface area contributed by atoms with Gasteiger partial charge in [0.05, 0.1) is 16.8 Å². The van der Waals surface area contributed by atoms with Crippen molar-refractivity contribution in [3.05, 3.63) is 80.7 Å². The summed E-state index contributed by atoms with van der Waals surface area (Å²) in [6.07, 6.45) is 1.51. The zero-order chi connectivity index (χ0) is 19.0. The zero-order valence-corrected chi connectivity index (χ0v) is 15.8. The molecular weight excluding hydrogens is 380 g/mol. The number of benzene rings is 2. The van der Waals surface area contributed by atoms with Crippen LogP contribution in [0.1, 0.15) is 16.8 Å². The Morgan fingerprint density at radius 1 is 1.26 bits per heavy atom. The predicted molar refractivity (Wildman–Crippen MR) is 110 cm³/mol. The van der Waals surface area contributed by atoms with Gasteiger partial charge in [-0.1, -0.05) is 35.9 Å². The molecule has 0 spiro atoms. The van der Waals surface area contributed by atoms with Crippen LogP contribution in [0.3, 0.4) is 0 Å². The summed E-state index contributed by atoms with van der Waals surface area (Å²) in [5.41, 5.74) is 2.07. The molecule has 0 bridgehead atoms. The van der Waals surface area contributed by atoms with Crippen molar-refractivity contribution in [2.45, 2.75) is 6.92 Å². The molecular formula is C20H13ClN4OS. The zero-order valence-electron chi connectivity index (χ0n) is 14.2. The van der Waals surface area contributed by atoms with Gasteiger partial charge in [-0.3, -0.25) is 9.89 Å². The van der Waals surface area contributed by atoms with Crippen molar-refractivity contribution >= 4 is 44.2 Å². The van der Waals surface area contributed by atoms with Crippen LogP contribution in [0.25, 0.3) is 15.8 Å². The number of aromatic nitrogens is 2. The van der Waals surface area contributed by atoms with Crippen LogP contribution < -0.4 is 5.56 Å². The summed E-state index contributed by atoms with van der Waals surface area (Å²) in [4.78, 5) is 17.2. The minimum atomic E-state index is -0.224. The third-order valence-electron chi connectivity index (χ3n) is 4.18. The molecule has 132 valence electrons. The molecule has 1 N–H and O–H groups in total. The average Bonchev–Trinajstić information content (AvgIpc) is 3.16. The largest absolute Gasteiger partial charge is 0.295 e. The molecule has 0 aliphatic heterocycles. The van der Waals surface area contributed by atoms with Gasteiger partial charge in [0.15, 0.2) is 0 Å². The van der Waals surface area contributed by atoms with Gasteiger partial charge in [0.25, 0.3) is 5.56 Å². The average molecular weight is 393 g/mol. The Bertz CT molecular complexity index is 1290. The number of aromatic amines is 1. The van der Waals surface area contributed by atoms with Crippen molar-refractivity contribution in [2.24, 2.45) is 4.99 Å². The van der Waals surface area contributed by atoms with Gasteiger partial charge in [-0.05, 0) is 31.2 Å². The summed E-state index contributed by atoms with van der Waals surface area (Å²) in [6, 6.07) is 16.9. The van der Waals surface area contributed by atoms with Gasteiger partial charge in [-0.2, -0.15) is 5.26 Å². The van der Waals surface area contributed by atoms with Crippen LogP contribution in [0.5, 0.6) is 0 Å². The first-order valence-electron chi connectivity index (χ1n) is 8.11. The monoisotopic (exact) mass is 392 g/mol. The van der Waals surface area contributed by atoms with Gasteiger partial charge in [-0.25, -0.2) is 9.67 Å². The lowest BCUT2D eigenvalue weighted by atomic mass is 10.2. The molecule has 7 heteroatoms. The van der Waals surface area contributed by atoms with Gasteiger partial charge in [0.2, 0.25) is 0 Å². The molecule has 0 aliphatic carbocycles. The Morgan fingerprint density at radius 3 is 2.85 bits per heavy atom. The molecule has 0 fully saturated rings. The fourth-order valence-corrected chi connectivity index (χ4v) is 4.05. The highest BCUT2D eigenvalue weighted by atomic mass is 35.5. The van der Waals surface area contributed by atoms with Crippen molar-refractivity contribution < 1.29 is 0 Å². The van der Waals surface area contributed by atoms with Crippen molar-refractivity contribution in [1.29, 1.82) is 5.26 Å². The number of halogens is 1. The van der Waals surface area contributed by atoms with Crippen molar-refractivity contribution in [3.8, 4) is 11.8 Å². The van der Waals surface area contributed by atoms with E-state index in [1.165, 1.54) is 22.2 Å². The van der Waals surface area contributed by atoms with Crippen LogP contribution in [-0.2, 0) is 0 Å². The van der Waals surface area contributed by atoms with E-state index in [1.807, 2.05) is 24.3 Å². The Morgan fingerprint density at radius 2 is 2.07 bits per heavy atom. The van der Waals surface area contributed by atoms with Gasteiger partial charge in [0.1, 0.15) is 11.1 Å². The summed E-state index contributed by atoms with van der Waals surface area (Å²) in [5.74, 6) is 0. The molecule has 27 heavy (non-hydrogen) atoms. The first-order chi connectivity index (χ1) is 13.1. The van der Waals surface area contributed by atoms with E-state index in [-0.39, 0.29) is 5.56 Å². The summed E-state index contributed by atoms with van der Waals surface area (Å²) in [7, 11) is 0. The van der Waals surface area contributed by atoms with E-state index in [4.69, 9.17) is 11.6 Å². The molecule has 0 aliphatic rings. The van der Waals surface area contributed by atoms with Crippen LogP contribution in [-0.4, -0.2) is 16.0 Å². The summed E-state index contributed by atoms with van der Waals surface area (Å²) >= 11 is 7.45. The van der Waals surface area contributed by atoms with E-state index in [0.29, 0.717) is 32.5 Å². The van der Waals surface area contributed by atoms with Crippen LogP contribution in [0.2, 0.25) is 5.02 Å². The van der Waals surface area contributed by atoms with Crippen molar-refractivity contribution in [1.82, 2.24) is 9.78 Å². The van der Waals surface area contributed by atoms with E-state index < -0.39 is 0 Å². The Kier molecular flexibility index (Phi) is 4.40. The minimum Gasteiger partial charge on any atom is -0.295 e. The molecule has 0 amide bonds. The first kappa shape index (κ1) is 17.3. The van der Waals surface area contributed by atoms with E-state index in [2.05, 4.69) is 16.2 Å². The molecule has 0 saturated carbocycles. The number of hydrogen-bond donors (Lipinski definition) is 1. The number of nitrogens with zero attached hydrogens (tertiary/aromatic N) is 3. The number of aryl methyl sites for hydroxylation is 1. The molecule has 2 heterocycles. The minimum absolute atomic E-state index is 0.224. The third kappa shape index (κ3) is 3.08. The summed E-state index contributed by atoms with van der Waals surface area (Å²) in [5, 5.41) is 14.5. The number of aliphatic imine (C=N–C) groups is 1. The fraction of sp³-hybridized carbons (Fsp3) is 0.0500. The number of nitrogens with one attached hydrogen (secondary N) is 1. The van der Waals surface area contributed by atoms with E-state index in [0.717, 1.165) is 10.1 Å². The normalized spacial score (nSPS) is 11.3. The second-order valence-electron chi connectivity index (χ2n) is 5.92. The lowest BCUT2D eigenvalue weighted by Gasteiger charge is -2.01. The third-order valence-corrected chi connectivity index (χ3v) is 5.50. The van der Waals surface area contributed by atoms with Crippen LogP contribution in [0.4, 0.5) is 5.00 Å². The lowest BCUT2D eigenvalue weighted by molar-refractivity contribution is 0.835. The van der Waals surface area contributed by atoms with Crippen LogP contribution in [0.15, 0.2) is 58.3 Å². The molecule has 0 atom stereocenters. The highest BCUT2D eigenvalue weighted by Crippen LogP contribution is 2.36. The standard InChI is InChI=1S/C20H13ClN4OS/c1-12-17(20(26)25(24-12)14-6-4-5-13(21)9-14)11-23-19-16(10-22)15-7-2-3-8-18(15)27-19/h2-9,11,24H,1H3/b23-11+. The molecule has 0 saturated heterocycles. The quantitative estimate of drug-likeness (QED) is 0.500. The molecule has 4 rings (SSSR count). The summed E-state index contributed by atoms with van der Waals surface area (Å²) < 4.78 is 2.42. The number of nitriles is 1. The number of hydrogen-bond acceptors (Lipinski definition) is 4. The van der Waals surface area contributed by atoms with Gasteiger partial charge in [0, 0.05) is 27.0 Å². The highest BCUT2D eigenvalue weighted by Gasteiger charge is 2.13. The molecule has 2 aromatic carbocycles. The number of thiophene rings is 1. The number of rotatable bonds is 3. The van der Waals surface area contributed by atoms with E-state index >= 15 is 0 Å². The van der Waals surface area contributed by atoms with Crippen molar-refractivity contribution in [2.75, 3.05) is 0 Å². The van der Waals surface area contributed by atoms with Gasteiger partial charge < -0.3 is 0 Å². The maximum Gasteiger partial charge on any atom is 0.280 e. The second kappa shape index (κ2) is 6.88. The highest BCUT2D eigenvalue weighted by molar-refractivity contribution is 7.22. The topological polar surface area (TPSA) is 73.9 Å². The molecule has 4 aromatic rings. The lowest BCUT2D eigenvalue weighted by Crippen LogP contribution is -2.17. The fourth-order valence-electron chi connectivity index (χ4n) is 2.86. The van der Waals surface area contributed by atoms with E-state index in [1.54, 1.807) is 31.2 Å². The summed E-state index contributed by atoms with van der Waals surface area (Å²) in [6.45, 7) is 1.81. The smallest absolute Gasteiger partial charge is 0.280 e. The van der Waals surface area contributed by atoms with Gasteiger partial charge >= 0.3 is 0 Å². The van der Waals surface area contributed by atoms with Crippen molar-refractivity contribution in [3.63, 3.8) is 0 Å².